The average molecular weight is 677 g/mol. The Hall–Kier alpha value is -4.45. The number of hydrogen-bond donors (Lipinski definition) is 3. The summed E-state index contributed by atoms with van der Waals surface area (Å²) in [6.07, 6.45) is 5.59. The van der Waals surface area contributed by atoms with Crippen LogP contribution in [0.1, 0.15) is 51.4 Å². The van der Waals surface area contributed by atoms with E-state index < -0.39 is 62.6 Å². The van der Waals surface area contributed by atoms with Crippen LogP contribution in [0, 0.1) is 17.8 Å². The average Bonchev–Trinajstić information content (AvgIpc) is 4.00. The van der Waals surface area contributed by atoms with E-state index in [9.17, 15) is 27.6 Å². The van der Waals surface area contributed by atoms with Crippen LogP contribution in [-0.2, 0) is 29.1 Å². The van der Waals surface area contributed by atoms with Gasteiger partial charge in [-0.15, -0.1) is 13.2 Å². The highest BCUT2D eigenvalue weighted by Crippen LogP contribution is 2.46. The van der Waals surface area contributed by atoms with Crippen molar-refractivity contribution in [1.82, 2.24) is 14.9 Å². The maximum absolute atomic E-state index is 13.9. The van der Waals surface area contributed by atoms with Crippen molar-refractivity contribution in [2.24, 2.45) is 17.8 Å². The van der Waals surface area contributed by atoms with Gasteiger partial charge in [-0.3, -0.25) is 24.4 Å². The molecule has 0 spiro atoms. The van der Waals surface area contributed by atoms with Crippen molar-refractivity contribution >= 4 is 39.5 Å². The number of para-hydroxylation sites is 1. The number of benzene rings is 2. The van der Waals surface area contributed by atoms with Crippen LogP contribution in [-0.4, -0.2) is 67.6 Å². The third kappa shape index (κ3) is 7.98. The molecular weight excluding hydrogens is 632 g/mol. The van der Waals surface area contributed by atoms with Gasteiger partial charge >= 0.3 is 6.09 Å². The Morgan fingerprint density at radius 3 is 2.33 bits per heavy atom. The van der Waals surface area contributed by atoms with Crippen molar-refractivity contribution in [3.8, 4) is 11.1 Å². The van der Waals surface area contributed by atoms with Crippen LogP contribution in [0.5, 0.6) is 0 Å². The number of allylic oxidation sites excluding steroid dienone is 1. The second kappa shape index (κ2) is 14.8. The summed E-state index contributed by atoms with van der Waals surface area (Å²) in [5, 5.41) is 4.99. The Balaban J connectivity index is 1.31. The molecule has 0 aromatic heterocycles. The predicted molar refractivity (Wildman–Crippen MR) is 183 cm³/mol. The highest BCUT2D eigenvalue weighted by Gasteiger charge is 2.62. The van der Waals surface area contributed by atoms with Crippen molar-refractivity contribution in [2.45, 2.75) is 68.3 Å². The number of carbonyl (C=O) groups excluding carboxylic acids is 4. The molecule has 0 heterocycles. The first-order valence-electron chi connectivity index (χ1n) is 16.5. The molecule has 3 fully saturated rings. The van der Waals surface area contributed by atoms with Crippen LogP contribution in [0.15, 0.2) is 79.9 Å². The molecule has 11 nitrogen and oxygen atoms in total. The molecule has 3 aliphatic carbocycles. The summed E-state index contributed by atoms with van der Waals surface area (Å²) < 4.78 is 33.1. The molecule has 4 amide bonds. The molecule has 5 atom stereocenters. The van der Waals surface area contributed by atoms with Gasteiger partial charge in [0.1, 0.15) is 11.6 Å². The van der Waals surface area contributed by atoms with E-state index in [1.54, 1.807) is 24.1 Å². The van der Waals surface area contributed by atoms with Crippen molar-refractivity contribution in [1.29, 1.82) is 0 Å². The first-order valence-corrected chi connectivity index (χ1v) is 18.0. The van der Waals surface area contributed by atoms with Gasteiger partial charge in [-0.25, -0.2) is 13.2 Å². The molecule has 2 aromatic rings. The summed E-state index contributed by atoms with van der Waals surface area (Å²) in [7, 11) is -2.17. The lowest BCUT2D eigenvalue weighted by molar-refractivity contribution is -0.140. The zero-order valence-corrected chi connectivity index (χ0v) is 28.0. The molecule has 2 aromatic carbocycles. The fourth-order valence-electron chi connectivity index (χ4n) is 6.46. The Morgan fingerprint density at radius 2 is 1.67 bits per heavy atom. The number of anilines is 1. The van der Waals surface area contributed by atoms with Crippen molar-refractivity contribution in [3.63, 3.8) is 0 Å². The number of sulfonamides is 1. The zero-order valence-electron chi connectivity index (χ0n) is 27.2. The summed E-state index contributed by atoms with van der Waals surface area (Å²) in [5.74, 6) is -3.85. The minimum absolute atomic E-state index is 0.0527. The number of ether oxygens (including phenoxy) is 1. The fraction of sp³-hybridized carbons (Fsp3) is 0.444. The van der Waals surface area contributed by atoms with Gasteiger partial charge in [0.25, 0.3) is 5.91 Å². The summed E-state index contributed by atoms with van der Waals surface area (Å²) in [6, 6.07) is 16.9. The molecule has 12 heteroatoms. The molecule has 3 N–H and O–H groups in total. The lowest BCUT2D eigenvalue weighted by atomic mass is 9.93. The molecule has 0 bridgehead atoms. The van der Waals surface area contributed by atoms with Gasteiger partial charge in [-0.2, -0.15) is 0 Å². The van der Waals surface area contributed by atoms with E-state index in [4.69, 9.17) is 4.74 Å². The Labute approximate surface area is 282 Å². The van der Waals surface area contributed by atoms with Gasteiger partial charge in [-0.1, -0.05) is 60.7 Å². The summed E-state index contributed by atoms with van der Waals surface area (Å²) in [5.41, 5.74) is 0.778. The predicted octanol–water partition coefficient (Wildman–Crippen LogP) is 4.78. The number of nitrogens with zero attached hydrogens (tertiary/aromatic N) is 1. The largest absolute Gasteiger partial charge is 0.446 e. The molecule has 0 radical (unpaired) electrons. The molecule has 5 rings (SSSR count). The first-order chi connectivity index (χ1) is 23.0. The van der Waals surface area contributed by atoms with Crippen LogP contribution >= 0.6 is 0 Å². The van der Waals surface area contributed by atoms with E-state index in [1.807, 2.05) is 48.5 Å². The van der Waals surface area contributed by atoms with Gasteiger partial charge in [0, 0.05) is 25.1 Å². The molecule has 48 heavy (non-hydrogen) atoms. The Morgan fingerprint density at radius 1 is 0.979 bits per heavy atom. The molecular formula is C36H44N4O7S. The highest BCUT2D eigenvalue weighted by atomic mass is 32.2. The smallest absolute Gasteiger partial charge is 0.411 e. The summed E-state index contributed by atoms with van der Waals surface area (Å²) in [4.78, 5) is 55.7. The van der Waals surface area contributed by atoms with E-state index >= 15 is 0 Å². The monoisotopic (exact) mass is 676 g/mol. The van der Waals surface area contributed by atoms with Crippen molar-refractivity contribution in [2.75, 3.05) is 18.9 Å². The van der Waals surface area contributed by atoms with Crippen LogP contribution in [0.3, 0.4) is 0 Å². The number of nitrogens with one attached hydrogen (secondary N) is 3. The van der Waals surface area contributed by atoms with Crippen LogP contribution in [0.25, 0.3) is 11.1 Å². The standard InChI is InChI=1S/C36H44N4O7S/c1-4-6-7-13-20-40(3)33(42)30-22-26(47-35(44)37-31-17-12-11-16-28(31)24-14-9-8-10-15-24)21-29(30)32(41)38-36(23-25(36)5-2)34(43)39-48(45,46)27-18-19-27/h4-5,8-12,14-17,25-27,29-30H,1-2,6-7,13,18-23H2,3H3,(H,37,44)(H,38,41)(H,39,43)/t25-,26-,29-,30-,36-/m1/s1. The maximum atomic E-state index is 13.9. The lowest BCUT2D eigenvalue weighted by Crippen LogP contribution is -2.54. The molecule has 3 aliphatic rings. The van der Waals surface area contributed by atoms with E-state index in [0.29, 0.717) is 25.1 Å². The van der Waals surface area contributed by atoms with Gasteiger partial charge in [0.15, 0.2) is 0 Å². The second-order valence-electron chi connectivity index (χ2n) is 13.0. The third-order valence-electron chi connectivity index (χ3n) is 9.47. The summed E-state index contributed by atoms with van der Waals surface area (Å²) >= 11 is 0. The van der Waals surface area contributed by atoms with E-state index in [-0.39, 0.29) is 25.2 Å². The van der Waals surface area contributed by atoms with Crippen LogP contribution in [0.4, 0.5) is 10.5 Å². The number of rotatable bonds is 15. The quantitative estimate of drug-likeness (QED) is 0.182. The maximum Gasteiger partial charge on any atom is 0.411 e. The number of unbranched alkanes of at least 4 members (excludes halogenated alkanes) is 2. The zero-order chi connectivity index (χ0) is 34.5. The molecule has 0 unspecified atom stereocenters. The molecule has 0 saturated heterocycles. The highest BCUT2D eigenvalue weighted by molar-refractivity contribution is 7.91. The van der Waals surface area contributed by atoms with Crippen LogP contribution in [0.2, 0.25) is 0 Å². The molecule has 3 saturated carbocycles. The minimum atomic E-state index is -3.85. The van der Waals surface area contributed by atoms with Gasteiger partial charge < -0.3 is 15.0 Å². The van der Waals surface area contributed by atoms with E-state index in [1.165, 1.54) is 6.08 Å². The number of amides is 4. The number of hydrogen-bond acceptors (Lipinski definition) is 7. The minimum Gasteiger partial charge on any atom is -0.446 e. The van der Waals surface area contributed by atoms with E-state index in [0.717, 1.165) is 30.4 Å². The van der Waals surface area contributed by atoms with E-state index in [2.05, 4.69) is 28.5 Å². The van der Waals surface area contributed by atoms with Crippen molar-refractivity contribution < 1.29 is 32.3 Å². The Kier molecular flexibility index (Phi) is 10.7. The SMILES string of the molecule is C=CCCCCN(C)C(=O)[C@@H]1C[C@H](OC(=O)Nc2ccccc2-c2ccccc2)C[C@H]1C(=O)N[C@]1(C(=O)NS(=O)(=O)C2CC2)C[C@H]1C=C. The first kappa shape index (κ1) is 34.9. The second-order valence-corrected chi connectivity index (χ2v) is 14.9. The fourth-order valence-corrected chi connectivity index (χ4v) is 7.83. The normalized spacial score (nSPS) is 24.5. The Bertz CT molecular complexity index is 1660. The van der Waals surface area contributed by atoms with Crippen molar-refractivity contribution in [3.05, 3.63) is 79.9 Å². The van der Waals surface area contributed by atoms with Crippen LogP contribution < -0.4 is 15.4 Å². The van der Waals surface area contributed by atoms with Gasteiger partial charge in [-0.05, 0) is 63.0 Å². The van der Waals surface area contributed by atoms with Gasteiger partial charge in [0.05, 0.1) is 22.8 Å². The lowest BCUT2D eigenvalue weighted by Gasteiger charge is -2.26. The topological polar surface area (TPSA) is 151 Å². The summed E-state index contributed by atoms with van der Waals surface area (Å²) in [6.45, 7) is 7.96. The third-order valence-corrected chi connectivity index (χ3v) is 11.3. The van der Waals surface area contributed by atoms with Gasteiger partial charge in [0.2, 0.25) is 21.8 Å². The molecule has 0 aliphatic heterocycles. The molecule has 256 valence electrons. The number of carbonyl (C=O) groups is 4.